The van der Waals surface area contributed by atoms with E-state index in [0.29, 0.717) is 11.5 Å². The average molecular weight is 208 g/mol. The zero-order chi connectivity index (χ0) is 11.0. The normalized spacial score (nSPS) is 10.5. The lowest BCUT2D eigenvalue weighted by Crippen LogP contribution is -1.97. The Hall–Kier alpha value is -2.31. The molecule has 0 atom stereocenters. The number of aromatic hydroxyl groups is 1. The number of anilines is 1. The van der Waals surface area contributed by atoms with Crippen molar-refractivity contribution in [3.8, 4) is 5.88 Å². The van der Waals surface area contributed by atoms with Crippen molar-refractivity contribution in [2.75, 3.05) is 12.4 Å². The van der Waals surface area contributed by atoms with Crippen LogP contribution in [0.15, 0.2) is 12.4 Å². The van der Waals surface area contributed by atoms with E-state index in [4.69, 9.17) is 5.11 Å². The maximum absolute atomic E-state index is 10.7. The van der Waals surface area contributed by atoms with Crippen LogP contribution < -0.4 is 5.32 Å². The molecule has 2 aromatic heterocycles. The molecule has 7 nitrogen and oxygen atoms in total. The van der Waals surface area contributed by atoms with Crippen LogP contribution in [0.25, 0.3) is 5.65 Å². The summed E-state index contributed by atoms with van der Waals surface area (Å²) >= 11 is 0. The molecule has 0 spiro atoms. The Morgan fingerprint density at radius 2 is 2.20 bits per heavy atom. The van der Waals surface area contributed by atoms with E-state index in [0.717, 1.165) is 0 Å². The number of rotatable bonds is 2. The van der Waals surface area contributed by atoms with Crippen LogP contribution in [0.1, 0.15) is 10.5 Å². The summed E-state index contributed by atoms with van der Waals surface area (Å²) in [5.74, 6) is -1.01. The summed E-state index contributed by atoms with van der Waals surface area (Å²) in [6.07, 6.45) is 2.59. The molecule has 78 valence electrons. The first-order valence-corrected chi connectivity index (χ1v) is 4.11. The van der Waals surface area contributed by atoms with Crippen LogP contribution in [0.2, 0.25) is 0 Å². The smallest absolute Gasteiger partial charge is 0.356 e. The van der Waals surface area contributed by atoms with Crippen LogP contribution in [0.5, 0.6) is 5.88 Å². The fourth-order valence-corrected chi connectivity index (χ4v) is 1.26. The first-order chi connectivity index (χ1) is 7.11. The van der Waals surface area contributed by atoms with Gasteiger partial charge in [0.15, 0.2) is 17.2 Å². The summed E-state index contributed by atoms with van der Waals surface area (Å²) in [5.41, 5.74) is 0.256. The minimum atomic E-state index is -1.12. The highest BCUT2D eigenvalue weighted by Crippen LogP contribution is 2.17. The third-order valence-corrected chi connectivity index (χ3v) is 1.88. The van der Waals surface area contributed by atoms with Gasteiger partial charge in [0.1, 0.15) is 0 Å². The van der Waals surface area contributed by atoms with Crippen LogP contribution in [0.3, 0.4) is 0 Å². The third-order valence-electron chi connectivity index (χ3n) is 1.88. The molecule has 0 unspecified atom stereocenters. The summed E-state index contributed by atoms with van der Waals surface area (Å²) in [6.45, 7) is 0. The zero-order valence-corrected chi connectivity index (χ0v) is 7.80. The molecule has 0 saturated heterocycles. The second-order valence-electron chi connectivity index (χ2n) is 2.86. The molecule has 0 amide bonds. The maximum Gasteiger partial charge on any atom is 0.356 e. The number of hydrogen-bond donors (Lipinski definition) is 3. The molecule has 3 N–H and O–H groups in total. The first-order valence-electron chi connectivity index (χ1n) is 4.11. The lowest BCUT2D eigenvalue weighted by molar-refractivity contribution is 0.0691. The molecule has 2 heterocycles. The Labute approximate surface area is 84.0 Å². The Balaban J connectivity index is 2.74. The molecule has 0 bridgehead atoms. The molecule has 0 aliphatic rings. The van der Waals surface area contributed by atoms with Gasteiger partial charge in [-0.25, -0.2) is 9.78 Å². The lowest BCUT2D eigenvalue weighted by atomic mass is 10.5. The summed E-state index contributed by atoms with van der Waals surface area (Å²) in [5, 5.41) is 20.7. The molecule has 2 rings (SSSR count). The van der Waals surface area contributed by atoms with Crippen molar-refractivity contribution in [1.82, 2.24) is 14.4 Å². The fraction of sp³-hybridized carbons (Fsp3) is 0.125. The van der Waals surface area contributed by atoms with E-state index in [1.807, 2.05) is 0 Å². The number of hydrogen-bond acceptors (Lipinski definition) is 5. The van der Waals surface area contributed by atoms with Crippen molar-refractivity contribution < 1.29 is 15.0 Å². The molecular weight excluding hydrogens is 200 g/mol. The number of carboxylic acids is 1. The molecular formula is C8H8N4O3. The van der Waals surface area contributed by atoms with E-state index in [1.54, 1.807) is 7.05 Å². The number of imidazole rings is 1. The van der Waals surface area contributed by atoms with E-state index in [1.165, 1.54) is 16.8 Å². The van der Waals surface area contributed by atoms with E-state index in [9.17, 15) is 9.90 Å². The van der Waals surface area contributed by atoms with Crippen LogP contribution in [-0.4, -0.2) is 37.6 Å². The highest BCUT2D eigenvalue weighted by molar-refractivity contribution is 5.87. The average Bonchev–Trinajstić information content (AvgIpc) is 2.59. The second-order valence-corrected chi connectivity index (χ2v) is 2.86. The summed E-state index contributed by atoms with van der Waals surface area (Å²) in [7, 11) is 1.61. The minimum Gasteiger partial charge on any atom is -0.492 e. The summed E-state index contributed by atoms with van der Waals surface area (Å²) in [4.78, 5) is 18.3. The number of carbonyl (C=O) groups is 1. The Bertz CT molecular complexity index is 534. The number of nitrogens with one attached hydrogen (secondary N) is 1. The largest absolute Gasteiger partial charge is 0.492 e. The number of carboxylic acid groups (broad SMARTS) is 1. The molecule has 15 heavy (non-hydrogen) atoms. The van der Waals surface area contributed by atoms with Crippen molar-refractivity contribution in [2.24, 2.45) is 0 Å². The topological polar surface area (TPSA) is 99.8 Å². The van der Waals surface area contributed by atoms with Gasteiger partial charge in [0.25, 0.3) is 0 Å². The number of aromatic carboxylic acids is 1. The molecule has 0 fully saturated rings. The van der Waals surface area contributed by atoms with E-state index < -0.39 is 5.97 Å². The fourth-order valence-electron chi connectivity index (χ4n) is 1.26. The second kappa shape index (κ2) is 3.12. The number of aromatic nitrogens is 3. The predicted octanol–water partition coefficient (Wildman–Crippen LogP) is 0.175. The molecule has 0 aromatic carbocycles. The van der Waals surface area contributed by atoms with Crippen LogP contribution in [-0.2, 0) is 0 Å². The monoisotopic (exact) mass is 208 g/mol. The summed E-state index contributed by atoms with van der Waals surface area (Å²) in [6, 6.07) is 0. The van der Waals surface area contributed by atoms with Crippen LogP contribution >= 0.6 is 0 Å². The molecule has 0 aliphatic carbocycles. The number of fused-ring (bicyclic) bond motifs is 1. The van der Waals surface area contributed by atoms with E-state index >= 15 is 0 Å². The van der Waals surface area contributed by atoms with E-state index in [2.05, 4.69) is 15.3 Å². The van der Waals surface area contributed by atoms with Gasteiger partial charge in [0.2, 0.25) is 5.88 Å². The molecule has 0 radical (unpaired) electrons. The van der Waals surface area contributed by atoms with Gasteiger partial charge in [-0.15, -0.1) is 0 Å². The van der Waals surface area contributed by atoms with Gasteiger partial charge in [-0.1, -0.05) is 0 Å². The third kappa shape index (κ3) is 1.43. The lowest BCUT2D eigenvalue weighted by Gasteiger charge is -2.01. The van der Waals surface area contributed by atoms with Crippen LogP contribution in [0.4, 0.5) is 5.82 Å². The molecule has 7 heteroatoms. The minimum absolute atomic E-state index is 0.0982. The summed E-state index contributed by atoms with van der Waals surface area (Å²) < 4.78 is 1.40. The standard InChI is InChI=1S/C8H8N4O3/c1-9-6-7-10-4(8(14)15)2-12(7)3-5(13)11-6/h2-3,13H,1H3,(H,9,11)(H,14,15). The Kier molecular flexibility index (Phi) is 1.93. The molecule has 0 saturated carbocycles. The predicted molar refractivity (Wildman–Crippen MR) is 51.2 cm³/mol. The van der Waals surface area contributed by atoms with Gasteiger partial charge in [0.05, 0.1) is 6.20 Å². The quantitative estimate of drug-likeness (QED) is 0.650. The first kappa shape index (κ1) is 9.25. The zero-order valence-electron chi connectivity index (χ0n) is 7.80. The van der Waals surface area contributed by atoms with Gasteiger partial charge >= 0.3 is 5.97 Å². The molecule has 0 aliphatic heterocycles. The maximum atomic E-state index is 10.7. The van der Waals surface area contributed by atoms with Crippen molar-refractivity contribution in [1.29, 1.82) is 0 Å². The van der Waals surface area contributed by atoms with Gasteiger partial charge in [-0.2, -0.15) is 4.98 Å². The van der Waals surface area contributed by atoms with Crippen LogP contribution in [0, 0.1) is 0 Å². The van der Waals surface area contributed by atoms with Gasteiger partial charge < -0.3 is 15.5 Å². The van der Waals surface area contributed by atoms with Crippen molar-refractivity contribution in [3.05, 3.63) is 18.1 Å². The Morgan fingerprint density at radius 3 is 2.80 bits per heavy atom. The van der Waals surface area contributed by atoms with Crippen molar-refractivity contribution in [2.45, 2.75) is 0 Å². The number of nitrogens with zero attached hydrogens (tertiary/aromatic N) is 3. The van der Waals surface area contributed by atoms with Gasteiger partial charge in [-0.05, 0) is 0 Å². The van der Waals surface area contributed by atoms with E-state index in [-0.39, 0.29) is 11.6 Å². The highest BCUT2D eigenvalue weighted by atomic mass is 16.4. The SMILES string of the molecule is CNc1nc(O)cn2cc(C(=O)O)nc12. The highest BCUT2D eigenvalue weighted by Gasteiger charge is 2.12. The van der Waals surface area contributed by atoms with Crippen molar-refractivity contribution >= 4 is 17.4 Å². The van der Waals surface area contributed by atoms with Crippen molar-refractivity contribution in [3.63, 3.8) is 0 Å². The van der Waals surface area contributed by atoms with Gasteiger partial charge in [0, 0.05) is 13.2 Å². The van der Waals surface area contributed by atoms with Gasteiger partial charge in [-0.3, -0.25) is 4.40 Å². The molecule has 2 aromatic rings. The Morgan fingerprint density at radius 1 is 1.47 bits per heavy atom.